The summed E-state index contributed by atoms with van der Waals surface area (Å²) in [5.74, 6) is -0.257. The molecule has 0 saturated heterocycles. The van der Waals surface area contributed by atoms with Crippen LogP contribution >= 0.6 is 0 Å². The number of carboxylic acids is 1. The van der Waals surface area contributed by atoms with Crippen molar-refractivity contribution in [2.24, 2.45) is 0 Å². The molecular weight excluding hydrogens is 292 g/mol. The Kier molecular flexibility index (Phi) is 2.78. The lowest BCUT2D eigenvalue weighted by Gasteiger charge is -2.06. The second-order valence-corrected chi connectivity index (χ2v) is 5.52. The van der Waals surface area contributed by atoms with E-state index in [0.717, 1.165) is 38.5 Å². The van der Waals surface area contributed by atoms with E-state index in [1.165, 1.54) is 6.20 Å². The van der Waals surface area contributed by atoms with E-state index in [2.05, 4.69) is 9.97 Å². The molecule has 0 saturated carbocycles. The lowest BCUT2D eigenvalue weighted by molar-refractivity contribution is 0.0693. The number of nitrogens with zero attached hydrogens (tertiary/aromatic N) is 1. The normalized spacial score (nSPS) is 11.4. The van der Waals surface area contributed by atoms with Gasteiger partial charge in [-0.05, 0) is 48.2 Å². The van der Waals surface area contributed by atoms with Gasteiger partial charge in [0.1, 0.15) is 5.75 Å². The first kappa shape index (κ1) is 13.6. The van der Waals surface area contributed by atoms with Crippen molar-refractivity contribution in [3.63, 3.8) is 0 Å². The Balaban J connectivity index is 2.22. The van der Waals surface area contributed by atoms with Gasteiger partial charge < -0.3 is 14.8 Å². The second-order valence-electron chi connectivity index (χ2n) is 5.52. The minimum atomic E-state index is -1.02. The van der Waals surface area contributed by atoms with E-state index in [1.807, 2.05) is 37.3 Å². The maximum absolute atomic E-state index is 11.5. The third-order valence-corrected chi connectivity index (χ3v) is 4.31. The average Bonchev–Trinajstić information content (AvgIpc) is 2.92. The fourth-order valence-corrected chi connectivity index (χ4v) is 3.16. The van der Waals surface area contributed by atoms with Crippen LogP contribution in [0.2, 0.25) is 0 Å². The summed E-state index contributed by atoms with van der Waals surface area (Å²) in [7, 11) is 1.63. The number of hydrogen-bond acceptors (Lipinski definition) is 3. The lowest BCUT2D eigenvalue weighted by Crippen LogP contribution is -2.01. The van der Waals surface area contributed by atoms with Crippen molar-refractivity contribution in [1.82, 2.24) is 9.97 Å². The molecule has 0 atom stereocenters. The molecule has 114 valence electrons. The van der Waals surface area contributed by atoms with Gasteiger partial charge in [0.05, 0.1) is 12.6 Å². The molecule has 0 fully saturated rings. The molecule has 5 nitrogen and oxygen atoms in total. The van der Waals surface area contributed by atoms with Crippen LogP contribution in [0.3, 0.4) is 0 Å². The zero-order valence-electron chi connectivity index (χ0n) is 12.7. The first-order valence-electron chi connectivity index (χ1n) is 7.21. The molecule has 0 spiro atoms. The second kappa shape index (κ2) is 4.71. The molecule has 0 unspecified atom stereocenters. The topological polar surface area (TPSA) is 75.2 Å². The number of H-pyrrole nitrogens is 1. The number of aromatic carboxylic acids is 1. The number of fused-ring (bicyclic) bond motifs is 4. The van der Waals surface area contributed by atoms with E-state index in [-0.39, 0.29) is 5.69 Å². The molecule has 0 aliphatic carbocycles. The molecular formula is C18H14N2O3. The van der Waals surface area contributed by atoms with Crippen molar-refractivity contribution in [1.29, 1.82) is 0 Å². The highest BCUT2D eigenvalue weighted by molar-refractivity contribution is 6.16. The molecule has 0 aliphatic rings. The van der Waals surface area contributed by atoms with Crippen LogP contribution in [0.5, 0.6) is 5.75 Å². The van der Waals surface area contributed by atoms with E-state index in [0.29, 0.717) is 5.39 Å². The van der Waals surface area contributed by atoms with E-state index >= 15 is 0 Å². The Morgan fingerprint density at radius 3 is 2.70 bits per heavy atom. The van der Waals surface area contributed by atoms with Crippen molar-refractivity contribution >= 4 is 38.5 Å². The van der Waals surface area contributed by atoms with Gasteiger partial charge in [0.2, 0.25) is 0 Å². The molecule has 0 aliphatic heterocycles. The summed E-state index contributed by atoms with van der Waals surface area (Å²) in [6.07, 6.45) is 1.54. The number of aromatic nitrogens is 2. The summed E-state index contributed by atoms with van der Waals surface area (Å²) < 4.78 is 5.30. The summed E-state index contributed by atoms with van der Waals surface area (Å²) in [6, 6.07) is 9.57. The van der Waals surface area contributed by atoms with Crippen molar-refractivity contribution < 1.29 is 14.6 Å². The minimum Gasteiger partial charge on any atom is -0.497 e. The van der Waals surface area contributed by atoms with Crippen LogP contribution in [0, 0.1) is 6.92 Å². The first-order chi connectivity index (χ1) is 11.1. The maximum atomic E-state index is 11.5. The Morgan fingerprint density at radius 1 is 1.13 bits per heavy atom. The molecule has 2 N–H and O–H groups in total. The molecule has 0 amide bonds. The number of pyridine rings is 1. The number of nitrogens with one attached hydrogen (secondary N) is 1. The van der Waals surface area contributed by atoms with Gasteiger partial charge in [0.25, 0.3) is 0 Å². The SMILES string of the molecule is COc1ccc2[nH]c3c(C)c4ccnc(C(=O)O)c4cc3c2c1. The first-order valence-corrected chi connectivity index (χ1v) is 7.21. The number of carboxylic acid groups (broad SMARTS) is 1. The van der Waals surface area contributed by atoms with Crippen LogP contribution in [-0.2, 0) is 0 Å². The molecule has 2 heterocycles. The van der Waals surface area contributed by atoms with Crippen LogP contribution in [-0.4, -0.2) is 28.2 Å². The Labute approximate surface area is 131 Å². The van der Waals surface area contributed by atoms with E-state index in [9.17, 15) is 9.90 Å². The van der Waals surface area contributed by atoms with Crippen LogP contribution < -0.4 is 4.74 Å². The van der Waals surface area contributed by atoms with Crippen LogP contribution in [0.15, 0.2) is 36.5 Å². The van der Waals surface area contributed by atoms with Crippen molar-refractivity contribution in [3.8, 4) is 5.75 Å². The quantitative estimate of drug-likeness (QED) is 0.589. The molecule has 0 bridgehead atoms. The summed E-state index contributed by atoms with van der Waals surface area (Å²) in [4.78, 5) is 18.9. The highest BCUT2D eigenvalue weighted by Crippen LogP contribution is 2.35. The predicted molar refractivity (Wildman–Crippen MR) is 89.4 cm³/mol. The largest absolute Gasteiger partial charge is 0.497 e. The number of hydrogen-bond donors (Lipinski definition) is 2. The van der Waals surface area contributed by atoms with E-state index < -0.39 is 5.97 Å². The number of aromatic amines is 1. The zero-order valence-corrected chi connectivity index (χ0v) is 12.7. The summed E-state index contributed by atoms with van der Waals surface area (Å²) >= 11 is 0. The number of benzene rings is 2. The van der Waals surface area contributed by atoms with Gasteiger partial charge in [0.15, 0.2) is 5.69 Å². The van der Waals surface area contributed by atoms with Crippen LogP contribution in [0.25, 0.3) is 32.6 Å². The lowest BCUT2D eigenvalue weighted by atomic mass is 10.0. The summed E-state index contributed by atoms with van der Waals surface area (Å²) in [5, 5.41) is 12.9. The van der Waals surface area contributed by atoms with Gasteiger partial charge in [-0.2, -0.15) is 0 Å². The van der Waals surface area contributed by atoms with Gasteiger partial charge in [-0.25, -0.2) is 9.78 Å². The van der Waals surface area contributed by atoms with E-state index in [1.54, 1.807) is 7.11 Å². The van der Waals surface area contributed by atoms with Crippen LogP contribution in [0.1, 0.15) is 16.1 Å². The zero-order chi connectivity index (χ0) is 16.1. The minimum absolute atomic E-state index is 0.0738. The highest BCUT2D eigenvalue weighted by atomic mass is 16.5. The van der Waals surface area contributed by atoms with Crippen molar-refractivity contribution in [2.75, 3.05) is 7.11 Å². The Morgan fingerprint density at radius 2 is 1.96 bits per heavy atom. The number of methoxy groups -OCH3 is 1. The summed E-state index contributed by atoms with van der Waals surface area (Å²) in [5.41, 5.74) is 3.08. The molecule has 2 aromatic carbocycles. The van der Waals surface area contributed by atoms with Crippen LogP contribution in [0.4, 0.5) is 0 Å². The number of rotatable bonds is 2. The highest BCUT2D eigenvalue weighted by Gasteiger charge is 2.16. The molecule has 4 aromatic rings. The predicted octanol–water partition coefficient (Wildman–Crippen LogP) is 3.88. The third-order valence-electron chi connectivity index (χ3n) is 4.31. The third kappa shape index (κ3) is 1.86. The summed E-state index contributed by atoms with van der Waals surface area (Å²) in [6.45, 7) is 1.99. The van der Waals surface area contributed by atoms with Crippen molar-refractivity contribution in [3.05, 3.63) is 47.8 Å². The smallest absolute Gasteiger partial charge is 0.355 e. The molecule has 23 heavy (non-hydrogen) atoms. The standard InChI is InChI=1S/C18H14N2O3/c1-9-11-5-6-19-17(18(21)22)13(11)8-14-12-7-10(23-2)3-4-15(12)20-16(9)14/h3-8,20H,1-2H3,(H,21,22). The maximum Gasteiger partial charge on any atom is 0.355 e. The average molecular weight is 306 g/mol. The molecule has 0 radical (unpaired) electrons. The van der Waals surface area contributed by atoms with E-state index in [4.69, 9.17) is 4.74 Å². The van der Waals surface area contributed by atoms with Gasteiger partial charge in [0, 0.05) is 27.9 Å². The van der Waals surface area contributed by atoms with Gasteiger partial charge in [-0.15, -0.1) is 0 Å². The number of aryl methyl sites for hydroxylation is 1. The van der Waals surface area contributed by atoms with Crippen molar-refractivity contribution in [2.45, 2.75) is 6.92 Å². The molecule has 4 rings (SSSR count). The molecule has 5 heteroatoms. The fourth-order valence-electron chi connectivity index (χ4n) is 3.16. The van der Waals surface area contributed by atoms with Gasteiger partial charge >= 0.3 is 5.97 Å². The Bertz CT molecular complexity index is 1100. The molecule has 2 aromatic heterocycles. The Hall–Kier alpha value is -3.08. The van der Waals surface area contributed by atoms with Gasteiger partial charge in [-0.3, -0.25) is 0 Å². The van der Waals surface area contributed by atoms with Gasteiger partial charge in [-0.1, -0.05) is 0 Å². The number of ether oxygens (including phenoxy) is 1. The fraction of sp³-hybridized carbons (Fsp3) is 0.111. The number of carbonyl (C=O) groups is 1. The monoisotopic (exact) mass is 306 g/mol.